The number of nitrogens with zero attached hydrogens (tertiary/aromatic N) is 2. The van der Waals surface area contributed by atoms with Crippen LogP contribution in [0.4, 0.5) is 30.4 Å². The fraction of sp³-hybridized carbons (Fsp3) is 0.217. The van der Waals surface area contributed by atoms with Crippen molar-refractivity contribution in [1.29, 1.82) is 0 Å². The van der Waals surface area contributed by atoms with Crippen LogP contribution in [0.1, 0.15) is 15.9 Å². The zero-order valence-electron chi connectivity index (χ0n) is 17.6. The predicted octanol–water partition coefficient (Wildman–Crippen LogP) is 4.95. The van der Waals surface area contributed by atoms with E-state index in [-0.39, 0.29) is 24.5 Å². The first kappa shape index (κ1) is 23.7. The van der Waals surface area contributed by atoms with Gasteiger partial charge >= 0.3 is 6.18 Å². The number of aliphatic hydroxyl groups excluding tert-OH is 1. The van der Waals surface area contributed by atoms with Crippen LogP contribution in [0, 0.1) is 0 Å². The number of alkyl halides is 3. The molecule has 7 nitrogen and oxygen atoms in total. The number of nitrogens with one attached hydrogen (secondary N) is 1. The summed E-state index contributed by atoms with van der Waals surface area (Å²) in [5, 5.41) is 12.3. The normalized spacial score (nSPS) is 13.1. The van der Waals surface area contributed by atoms with Crippen LogP contribution in [0.2, 0.25) is 5.02 Å². The highest BCUT2D eigenvalue weighted by Gasteiger charge is 2.29. The lowest BCUT2D eigenvalue weighted by atomic mass is 10.1. The summed E-state index contributed by atoms with van der Waals surface area (Å²) in [6.07, 6.45) is -2.91. The smallest absolute Gasteiger partial charge is 0.422 e. The molecular weight excluding hydrogens is 475 g/mol. The molecule has 0 fully saturated rings. The molecule has 0 atom stereocenters. The molecule has 4 rings (SSSR count). The van der Waals surface area contributed by atoms with Gasteiger partial charge in [0.1, 0.15) is 12.4 Å². The number of rotatable bonds is 6. The first-order valence-electron chi connectivity index (χ1n) is 10.1. The van der Waals surface area contributed by atoms with E-state index in [9.17, 15) is 23.1 Å². The van der Waals surface area contributed by atoms with E-state index in [2.05, 4.69) is 15.0 Å². The third-order valence-corrected chi connectivity index (χ3v) is 5.20. The summed E-state index contributed by atoms with van der Waals surface area (Å²) in [6.45, 7) is -0.859. The zero-order chi connectivity index (χ0) is 24.3. The summed E-state index contributed by atoms with van der Waals surface area (Å²) >= 11 is 6.37. The molecule has 1 amide bonds. The molecule has 2 N–H and O–H groups in total. The van der Waals surface area contributed by atoms with Gasteiger partial charge in [-0.2, -0.15) is 13.2 Å². The molecule has 11 heteroatoms. The largest absolute Gasteiger partial charge is 0.489 e. The number of carbonyl (C=O) groups excluding carboxylic acids is 1. The van der Waals surface area contributed by atoms with Gasteiger partial charge in [0.15, 0.2) is 18.2 Å². The number of pyridine rings is 1. The van der Waals surface area contributed by atoms with E-state index >= 15 is 0 Å². The maximum atomic E-state index is 13.0. The summed E-state index contributed by atoms with van der Waals surface area (Å²) < 4.78 is 47.3. The summed E-state index contributed by atoms with van der Waals surface area (Å²) in [7, 11) is 0. The first-order chi connectivity index (χ1) is 16.2. The van der Waals surface area contributed by atoms with Crippen molar-refractivity contribution >= 4 is 34.7 Å². The molecule has 1 aliphatic heterocycles. The lowest BCUT2D eigenvalue weighted by Crippen LogP contribution is -2.31. The standard InChI is InChI=1S/C23H19ClF3N3O4/c24-18-10-14(12-31)11-28-21(18)30-8-9-33-20-17(2-1-3-19(20)30)22(32)29-15-4-6-16(7-5-15)34-13-23(25,26)27/h1-7,10-11,31H,8-9,12-13H2,(H,29,32). The quantitative estimate of drug-likeness (QED) is 0.505. The van der Waals surface area contributed by atoms with Crippen molar-refractivity contribution in [2.24, 2.45) is 0 Å². The van der Waals surface area contributed by atoms with Crippen LogP contribution in [0.25, 0.3) is 0 Å². The van der Waals surface area contributed by atoms with E-state index in [1.807, 2.05) is 4.90 Å². The van der Waals surface area contributed by atoms with E-state index in [0.717, 1.165) is 0 Å². The monoisotopic (exact) mass is 493 g/mol. The van der Waals surface area contributed by atoms with Gasteiger partial charge in [0.25, 0.3) is 5.91 Å². The van der Waals surface area contributed by atoms with Gasteiger partial charge in [-0.05, 0) is 48.0 Å². The molecule has 178 valence electrons. The number of hydrogen-bond donors (Lipinski definition) is 2. The second-order valence-corrected chi connectivity index (χ2v) is 7.75. The van der Waals surface area contributed by atoms with Crippen LogP contribution in [0.15, 0.2) is 54.7 Å². The fourth-order valence-electron chi connectivity index (χ4n) is 3.40. The molecule has 0 saturated carbocycles. The maximum absolute atomic E-state index is 13.0. The molecule has 1 aliphatic rings. The third kappa shape index (κ3) is 5.35. The molecule has 3 aromatic rings. The lowest BCUT2D eigenvalue weighted by molar-refractivity contribution is -0.153. The number of halogens is 4. The summed E-state index contributed by atoms with van der Waals surface area (Å²) in [6, 6.07) is 12.3. The van der Waals surface area contributed by atoms with Gasteiger partial charge in [0, 0.05) is 11.9 Å². The van der Waals surface area contributed by atoms with E-state index < -0.39 is 18.7 Å². The number of benzene rings is 2. The van der Waals surface area contributed by atoms with Gasteiger partial charge in [0.2, 0.25) is 0 Å². The molecule has 0 unspecified atom stereocenters. The number of amides is 1. The van der Waals surface area contributed by atoms with Crippen molar-refractivity contribution in [3.63, 3.8) is 0 Å². The highest BCUT2D eigenvalue weighted by Crippen LogP contribution is 2.40. The molecule has 2 aromatic carbocycles. The van der Waals surface area contributed by atoms with E-state index in [4.69, 9.17) is 16.3 Å². The SMILES string of the molecule is O=C(Nc1ccc(OCC(F)(F)F)cc1)c1cccc2c1OCCN2c1ncc(CO)cc1Cl. The molecular formula is C23H19ClF3N3O4. The molecule has 0 aliphatic carbocycles. The minimum atomic E-state index is -4.44. The molecule has 34 heavy (non-hydrogen) atoms. The molecule has 0 bridgehead atoms. The van der Waals surface area contributed by atoms with Crippen molar-refractivity contribution in [3.8, 4) is 11.5 Å². The van der Waals surface area contributed by atoms with Gasteiger partial charge in [-0.1, -0.05) is 17.7 Å². The minimum Gasteiger partial charge on any atom is -0.489 e. The Morgan fingerprint density at radius 3 is 2.68 bits per heavy atom. The second kappa shape index (κ2) is 9.78. The average Bonchev–Trinajstić information content (AvgIpc) is 2.82. The predicted molar refractivity (Wildman–Crippen MR) is 120 cm³/mol. The van der Waals surface area contributed by atoms with Crippen molar-refractivity contribution < 1.29 is 32.5 Å². The Bertz CT molecular complexity index is 1190. The van der Waals surface area contributed by atoms with Gasteiger partial charge in [0.05, 0.1) is 29.4 Å². The highest BCUT2D eigenvalue weighted by molar-refractivity contribution is 6.33. The van der Waals surface area contributed by atoms with E-state index in [0.29, 0.717) is 40.1 Å². The average molecular weight is 494 g/mol. The number of anilines is 3. The molecule has 0 saturated heterocycles. The van der Waals surface area contributed by atoms with Crippen LogP contribution >= 0.6 is 11.6 Å². The van der Waals surface area contributed by atoms with Crippen LogP contribution in [-0.2, 0) is 6.61 Å². The van der Waals surface area contributed by atoms with Crippen LogP contribution < -0.4 is 19.7 Å². The molecule has 1 aromatic heterocycles. The van der Waals surface area contributed by atoms with Gasteiger partial charge in [-0.15, -0.1) is 0 Å². The molecule has 0 radical (unpaired) electrons. The Morgan fingerprint density at radius 1 is 1.24 bits per heavy atom. The topological polar surface area (TPSA) is 83.9 Å². The van der Waals surface area contributed by atoms with Crippen LogP contribution in [0.5, 0.6) is 11.5 Å². The van der Waals surface area contributed by atoms with Crippen LogP contribution in [0.3, 0.4) is 0 Å². The fourth-order valence-corrected chi connectivity index (χ4v) is 3.69. The first-order valence-corrected chi connectivity index (χ1v) is 10.5. The summed E-state index contributed by atoms with van der Waals surface area (Å²) in [4.78, 5) is 19.1. The highest BCUT2D eigenvalue weighted by atomic mass is 35.5. The number of aliphatic hydroxyl groups is 1. The number of ether oxygens (including phenoxy) is 2. The summed E-state index contributed by atoms with van der Waals surface area (Å²) in [5.74, 6) is 0.385. The summed E-state index contributed by atoms with van der Waals surface area (Å²) in [5.41, 5.74) is 1.81. The van der Waals surface area contributed by atoms with Crippen molar-refractivity contribution in [2.45, 2.75) is 12.8 Å². The Hall–Kier alpha value is -3.50. The number of hydrogen-bond acceptors (Lipinski definition) is 6. The molecule has 0 spiro atoms. The van der Waals surface area contributed by atoms with Crippen LogP contribution in [-0.4, -0.2) is 41.9 Å². The lowest BCUT2D eigenvalue weighted by Gasteiger charge is -2.32. The van der Waals surface area contributed by atoms with Gasteiger partial charge < -0.3 is 24.8 Å². The number of fused-ring (bicyclic) bond motifs is 1. The number of para-hydroxylation sites is 1. The molecule has 2 heterocycles. The Balaban J connectivity index is 1.54. The minimum absolute atomic E-state index is 0.0305. The Morgan fingerprint density at radius 2 is 2.00 bits per heavy atom. The maximum Gasteiger partial charge on any atom is 0.422 e. The zero-order valence-corrected chi connectivity index (χ0v) is 18.4. The Labute approximate surface area is 197 Å². The number of carbonyl (C=O) groups is 1. The number of aromatic nitrogens is 1. The van der Waals surface area contributed by atoms with Crippen molar-refractivity contribution in [3.05, 3.63) is 70.9 Å². The van der Waals surface area contributed by atoms with Gasteiger partial charge in [-0.3, -0.25) is 4.79 Å². The van der Waals surface area contributed by atoms with E-state index in [1.165, 1.54) is 30.5 Å². The Kier molecular flexibility index (Phi) is 6.80. The van der Waals surface area contributed by atoms with Crippen molar-refractivity contribution in [2.75, 3.05) is 30.0 Å². The second-order valence-electron chi connectivity index (χ2n) is 7.34. The van der Waals surface area contributed by atoms with Crippen molar-refractivity contribution in [1.82, 2.24) is 4.98 Å². The van der Waals surface area contributed by atoms with E-state index in [1.54, 1.807) is 24.3 Å². The van der Waals surface area contributed by atoms with Gasteiger partial charge in [-0.25, -0.2) is 4.98 Å². The third-order valence-electron chi connectivity index (χ3n) is 4.92.